The molecule has 7 nitrogen and oxygen atoms in total. The Balaban J connectivity index is 1.67. The van der Waals surface area contributed by atoms with Crippen LogP contribution in [0, 0.1) is 13.8 Å². The molecule has 2 aromatic heterocycles. The summed E-state index contributed by atoms with van der Waals surface area (Å²) >= 11 is 1.27. The van der Waals surface area contributed by atoms with Gasteiger partial charge in [0.2, 0.25) is 11.2 Å². The first kappa shape index (κ1) is 22.3. The largest absolute Gasteiger partial charge is 0.573 e. The topological polar surface area (TPSA) is 91.5 Å². The zero-order chi connectivity index (χ0) is 22.6. The zero-order valence-corrected chi connectivity index (χ0v) is 17.0. The van der Waals surface area contributed by atoms with Crippen LogP contribution < -0.4 is 14.9 Å². The SMILES string of the molecule is Cc1ccnc(SCc2cc(=O)c(OC(=O)c3ccc(OC(F)(F)F)cc3C)co2)n1. The minimum atomic E-state index is -4.85. The molecule has 0 amide bonds. The number of carbonyl (C=O) groups is 1. The van der Waals surface area contributed by atoms with Gasteiger partial charge in [-0.1, -0.05) is 11.8 Å². The molecule has 0 saturated carbocycles. The third-order valence-electron chi connectivity index (χ3n) is 3.82. The van der Waals surface area contributed by atoms with Crippen molar-refractivity contribution in [3.63, 3.8) is 0 Å². The number of aromatic nitrogens is 2. The second-order valence-corrected chi connectivity index (χ2v) is 7.20. The number of carbonyl (C=O) groups excluding carboxylic acids is 1. The lowest BCUT2D eigenvalue weighted by molar-refractivity contribution is -0.274. The Bertz CT molecular complexity index is 1160. The van der Waals surface area contributed by atoms with Gasteiger partial charge in [-0.05, 0) is 43.7 Å². The van der Waals surface area contributed by atoms with Gasteiger partial charge in [0.05, 0.1) is 11.3 Å². The third kappa shape index (κ3) is 6.32. The van der Waals surface area contributed by atoms with E-state index in [4.69, 9.17) is 9.15 Å². The molecule has 2 heterocycles. The molecule has 0 spiro atoms. The molecule has 3 aromatic rings. The average Bonchev–Trinajstić information content (AvgIpc) is 2.67. The number of rotatable bonds is 6. The number of ether oxygens (including phenoxy) is 2. The van der Waals surface area contributed by atoms with E-state index in [2.05, 4.69) is 14.7 Å². The molecule has 0 aliphatic carbocycles. The monoisotopic (exact) mass is 452 g/mol. The molecule has 0 aliphatic rings. The van der Waals surface area contributed by atoms with Gasteiger partial charge in [-0.15, -0.1) is 13.2 Å². The van der Waals surface area contributed by atoms with Crippen molar-refractivity contribution >= 4 is 17.7 Å². The van der Waals surface area contributed by atoms with Gasteiger partial charge in [-0.2, -0.15) is 0 Å². The average molecular weight is 452 g/mol. The maximum absolute atomic E-state index is 12.3. The van der Waals surface area contributed by atoms with E-state index < -0.39 is 23.5 Å². The molecule has 31 heavy (non-hydrogen) atoms. The van der Waals surface area contributed by atoms with E-state index in [-0.39, 0.29) is 22.6 Å². The lowest BCUT2D eigenvalue weighted by Crippen LogP contribution is -2.18. The molecule has 0 atom stereocenters. The minimum absolute atomic E-state index is 0.0230. The number of thioether (sulfide) groups is 1. The first-order valence-corrected chi connectivity index (χ1v) is 9.72. The standard InChI is InChI=1S/C20H15F3N2O5S/c1-11-7-13(30-20(21,22)23)3-4-15(11)18(27)29-17-9-28-14(8-16(17)26)10-31-19-24-6-5-12(2)25-19/h3-9H,10H2,1-2H3. The Labute approximate surface area is 178 Å². The third-order valence-corrected chi connectivity index (χ3v) is 4.71. The van der Waals surface area contributed by atoms with Gasteiger partial charge in [0, 0.05) is 18.0 Å². The van der Waals surface area contributed by atoms with E-state index in [0.29, 0.717) is 10.9 Å². The molecular weight excluding hydrogens is 437 g/mol. The number of benzene rings is 1. The van der Waals surface area contributed by atoms with Crippen LogP contribution >= 0.6 is 11.8 Å². The summed E-state index contributed by atoms with van der Waals surface area (Å²) < 4.78 is 51.1. The van der Waals surface area contributed by atoms with Gasteiger partial charge < -0.3 is 13.9 Å². The van der Waals surface area contributed by atoms with E-state index >= 15 is 0 Å². The lowest BCUT2D eigenvalue weighted by Gasteiger charge is -2.11. The van der Waals surface area contributed by atoms with Crippen LogP contribution in [0.1, 0.15) is 27.4 Å². The summed E-state index contributed by atoms with van der Waals surface area (Å²) in [7, 11) is 0. The second-order valence-electron chi connectivity index (χ2n) is 6.26. The number of hydrogen-bond acceptors (Lipinski definition) is 8. The van der Waals surface area contributed by atoms with Gasteiger partial charge >= 0.3 is 12.3 Å². The fourth-order valence-corrected chi connectivity index (χ4v) is 3.20. The van der Waals surface area contributed by atoms with Crippen LogP contribution in [0.3, 0.4) is 0 Å². The van der Waals surface area contributed by atoms with E-state index in [9.17, 15) is 22.8 Å². The van der Waals surface area contributed by atoms with Crippen LogP contribution in [-0.4, -0.2) is 22.3 Å². The Morgan fingerprint density at radius 2 is 1.97 bits per heavy atom. The Morgan fingerprint density at radius 3 is 2.61 bits per heavy atom. The Hall–Kier alpha value is -3.34. The van der Waals surface area contributed by atoms with Crippen molar-refractivity contribution in [2.75, 3.05) is 0 Å². The highest BCUT2D eigenvalue weighted by Gasteiger charge is 2.31. The van der Waals surface area contributed by atoms with Crippen molar-refractivity contribution in [1.82, 2.24) is 9.97 Å². The molecule has 3 rings (SSSR count). The smallest absolute Gasteiger partial charge is 0.464 e. The quantitative estimate of drug-likeness (QED) is 0.308. The van der Waals surface area contributed by atoms with Crippen molar-refractivity contribution in [3.8, 4) is 11.5 Å². The fraction of sp³-hybridized carbons (Fsp3) is 0.200. The van der Waals surface area contributed by atoms with Gasteiger partial charge in [-0.3, -0.25) is 4.79 Å². The fourth-order valence-electron chi connectivity index (χ4n) is 2.44. The Morgan fingerprint density at radius 1 is 1.19 bits per heavy atom. The van der Waals surface area contributed by atoms with Gasteiger partial charge in [0.15, 0.2) is 5.16 Å². The zero-order valence-electron chi connectivity index (χ0n) is 16.2. The molecule has 162 valence electrons. The molecule has 11 heteroatoms. The molecule has 0 fully saturated rings. The molecule has 0 aliphatic heterocycles. The highest BCUT2D eigenvalue weighted by molar-refractivity contribution is 7.98. The van der Waals surface area contributed by atoms with Crippen molar-refractivity contribution in [2.24, 2.45) is 0 Å². The van der Waals surface area contributed by atoms with E-state index in [1.165, 1.54) is 24.8 Å². The number of nitrogens with zero attached hydrogens (tertiary/aromatic N) is 2. The predicted octanol–water partition coefficient (Wildman–Crippen LogP) is 4.46. The van der Waals surface area contributed by atoms with E-state index in [1.807, 2.05) is 6.92 Å². The summed E-state index contributed by atoms with van der Waals surface area (Å²) in [6, 6.07) is 6.07. The van der Waals surface area contributed by atoms with Crippen molar-refractivity contribution in [1.29, 1.82) is 0 Å². The van der Waals surface area contributed by atoms with Crippen LogP contribution in [0.15, 0.2) is 57.2 Å². The van der Waals surface area contributed by atoms with Gasteiger partial charge in [0.25, 0.3) is 0 Å². The summed E-state index contributed by atoms with van der Waals surface area (Å²) in [5.74, 6) is -1.13. The van der Waals surface area contributed by atoms with Crippen LogP contribution in [0.4, 0.5) is 13.2 Å². The maximum Gasteiger partial charge on any atom is 0.573 e. The number of halogens is 3. The normalized spacial score (nSPS) is 11.3. The second kappa shape index (κ2) is 9.21. The van der Waals surface area contributed by atoms with Gasteiger partial charge in [-0.25, -0.2) is 14.8 Å². The summed E-state index contributed by atoms with van der Waals surface area (Å²) in [5.41, 5.74) is 0.372. The molecule has 0 N–H and O–H groups in total. The first-order chi connectivity index (χ1) is 14.6. The highest BCUT2D eigenvalue weighted by Crippen LogP contribution is 2.25. The van der Waals surface area contributed by atoms with Crippen LogP contribution in [-0.2, 0) is 5.75 Å². The number of aryl methyl sites for hydroxylation is 2. The molecular formula is C20H15F3N2O5S. The number of esters is 1. The molecule has 1 aromatic carbocycles. The maximum atomic E-state index is 12.3. The molecule has 0 radical (unpaired) electrons. The predicted molar refractivity (Wildman–Crippen MR) is 104 cm³/mol. The van der Waals surface area contributed by atoms with Crippen molar-refractivity contribution < 1.29 is 31.9 Å². The van der Waals surface area contributed by atoms with Crippen LogP contribution in [0.5, 0.6) is 11.5 Å². The number of alkyl halides is 3. The first-order valence-electron chi connectivity index (χ1n) is 8.73. The summed E-state index contributed by atoms with van der Waals surface area (Å²) in [5, 5.41) is 0.520. The molecule has 0 saturated heterocycles. The van der Waals surface area contributed by atoms with E-state index in [1.54, 1.807) is 12.3 Å². The van der Waals surface area contributed by atoms with Gasteiger partial charge in [0.1, 0.15) is 17.8 Å². The van der Waals surface area contributed by atoms with Crippen LogP contribution in [0.25, 0.3) is 0 Å². The minimum Gasteiger partial charge on any atom is -0.464 e. The van der Waals surface area contributed by atoms with Crippen molar-refractivity contribution in [2.45, 2.75) is 31.1 Å². The summed E-state index contributed by atoms with van der Waals surface area (Å²) in [6.45, 7) is 3.24. The number of hydrogen-bond donors (Lipinski definition) is 0. The summed E-state index contributed by atoms with van der Waals surface area (Å²) in [6.07, 6.45) is -2.23. The van der Waals surface area contributed by atoms with E-state index in [0.717, 1.165) is 30.2 Å². The van der Waals surface area contributed by atoms with Crippen LogP contribution in [0.2, 0.25) is 0 Å². The molecule has 0 unspecified atom stereocenters. The Kier molecular flexibility index (Phi) is 6.64. The lowest BCUT2D eigenvalue weighted by atomic mass is 10.1. The summed E-state index contributed by atoms with van der Waals surface area (Å²) in [4.78, 5) is 32.9. The molecule has 0 bridgehead atoms. The van der Waals surface area contributed by atoms with Crippen molar-refractivity contribution in [3.05, 3.63) is 75.6 Å². The highest BCUT2D eigenvalue weighted by atomic mass is 32.2.